The fourth-order valence-corrected chi connectivity index (χ4v) is 4.16. The van der Waals surface area contributed by atoms with Gasteiger partial charge in [0.15, 0.2) is 0 Å². The van der Waals surface area contributed by atoms with Crippen molar-refractivity contribution in [1.82, 2.24) is 15.3 Å². The molecule has 5 rings (SSSR count). The molecule has 3 fully saturated rings. The fraction of sp³-hybridized carbons (Fsp3) is 0.591. The van der Waals surface area contributed by atoms with Crippen LogP contribution in [0.4, 0.5) is 5.82 Å². The van der Waals surface area contributed by atoms with Crippen molar-refractivity contribution < 1.29 is 5.11 Å². The van der Waals surface area contributed by atoms with Gasteiger partial charge in [-0.05, 0) is 57.6 Å². The standard InChI is InChI=1S/C22H29N5O/c1-14-2-9-19-18(10-14)21(24-13-22(28)11-23-12-22)27-20(26-19)15-3-5-16(6-4-15)25-17-7-8-17/h2,9-10,15,17,23,28H,3-8,11-13H2,1H3,(H,24,26,27). The summed E-state index contributed by atoms with van der Waals surface area (Å²) in [6, 6.07) is 6.94. The van der Waals surface area contributed by atoms with Gasteiger partial charge in [-0.3, -0.25) is 4.99 Å². The Bertz CT molecular complexity index is 907. The number of aliphatic imine (C=N–C) groups is 1. The summed E-state index contributed by atoms with van der Waals surface area (Å²) in [5, 5.41) is 18.0. The number of aryl methyl sites for hydroxylation is 1. The molecule has 1 aromatic carbocycles. The molecule has 0 unspecified atom stereocenters. The number of benzene rings is 1. The van der Waals surface area contributed by atoms with Crippen LogP contribution in [0.25, 0.3) is 10.9 Å². The van der Waals surface area contributed by atoms with E-state index < -0.39 is 5.60 Å². The Morgan fingerprint density at radius 1 is 1.18 bits per heavy atom. The molecule has 0 amide bonds. The lowest BCUT2D eigenvalue weighted by Gasteiger charge is -2.37. The van der Waals surface area contributed by atoms with Crippen molar-refractivity contribution in [3.05, 3.63) is 29.6 Å². The Hall–Kier alpha value is -2.05. The summed E-state index contributed by atoms with van der Waals surface area (Å²) in [5.74, 6) is 2.17. The van der Waals surface area contributed by atoms with E-state index in [1.54, 1.807) is 0 Å². The van der Waals surface area contributed by atoms with Crippen LogP contribution in [0.1, 0.15) is 55.8 Å². The lowest BCUT2D eigenvalue weighted by Crippen LogP contribution is -2.63. The molecule has 28 heavy (non-hydrogen) atoms. The summed E-state index contributed by atoms with van der Waals surface area (Å²) in [5.41, 5.74) is 2.89. The van der Waals surface area contributed by atoms with Gasteiger partial charge in [-0.15, -0.1) is 0 Å². The molecule has 6 heteroatoms. The second kappa shape index (κ2) is 7.08. The first-order valence-electron chi connectivity index (χ1n) is 10.6. The van der Waals surface area contributed by atoms with E-state index in [1.807, 2.05) is 0 Å². The number of fused-ring (bicyclic) bond motifs is 1. The zero-order valence-electron chi connectivity index (χ0n) is 16.5. The first-order chi connectivity index (χ1) is 13.6. The normalized spacial score (nSPS) is 24.1. The fourth-order valence-electron chi connectivity index (χ4n) is 4.16. The topological polar surface area (TPSA) is 82.4 Å². The lowest BCUT2D eigenvalue weighted by atomic mass is 9.87. The molecule has 2 heterocycles. The van der Waals surface area contributed by atoms with Gasteiger partial charge in [0.25, 0.3) is 0 Å². The number of nitrogens with one attached hydrogen (secondary N) is 2. The minimum Gasteiger partial charge on any atom is -0.385 e. The van der Waals surface area contributed by atoms with Gasteiger partial charge in [-0.2, -0.15) is 0 Å². The van der Waals surface area contributed by atoms with Gasteiger partial charge < -0.3 is 15.7 Å². The number of β-amino-alcohol motifs (C(OH)–C–C–N with tert-alkyl or cyclic N) is 1. The van der Waals surface area contributed by atoms with Crippen LogP contribution in [0, 0.1) is 6.92 Å². The number of hydrogen-bond donors (Lipinski definition) is 3. The predicted octanol–water partition coefficient (Wildman–Crippen LogP) is 2.95. The van der Waals surface area contributed by atoms with E-state index >= 15 is 0 Å². The van der Waals surface area contributed by atoms with Crippen LogP contribution < -0.4 is 10.6 Å². The number of aliphatic hydroxyl groups is 1. The molecule has 3 N–H and O–H groups in total. The monoisotopic (exact) mass is 379 g/mol. The minimum absolute atomic E-state index is 0.387. The summed E-state index contributed by atoms with van der Waals surface area (Å²) < 4.78 is 0. The molecule has 148 valence electrons. The molecule has 1 aromatic heterocycles. The van der Waals surface area contributed by atoms with Gasteiger partial charge in [0.2, 0.25) is 0 Å². The smallest absolute Gasteiger partial charge is 0.137 e. The van der Waals surface area contributed by atoms with Gasteiger partial charge in [0, 0.05) is 36.7 Å². The van der Waals surface area contributed by atoms with Crippen molar-refractivity contribution in [1.29, 1.82) is 0 Å². The molecule has 0 atom stereocenters. The first kappa shape index (κ1) is 18.0. The van der Waals surface area contributed by atoms with E-state index in [9.17, 15) is 5.11 Å². The third-order valence-corrected chi connectivity index (χ3v) is 6.20. The average molecular weight is 380 g/mol. The van der Waals surface area contributed by atoms with Gasteiger partial charge in [-0.1, -0.05) is 11.6 Å². The van der Waals surface area contributed by atoms with Crippen molar-refractivity contribution in [2.75, 3.05) is 25.0 Å². The summed E-state index contributed by atoms with van der Waals surface area (Å²) in [7, 11) is 0. The molecule has 6 nitrogen and oxygen atoms in total. The van der Waals surface area contributed by atoms with Gasteiger partial charge in [0.1, 0.15) is 17.2 Å². The molecular weight excluding hydrogens is 350 g/mol. The minimum atomic E-state index is -0.680. The van der Waals surface area contributed by atoms with E-state index in [0.29, 0.717) is 31.6 Å². The maximum atomic E-state index is 10.4. The molecule has 1 saturated heterocycles. The third kappa shape index (κ3) is 3.76. The number of hydrogen-bond acceptors (Lipinski definition) is 6. The van der Waals surface area contributed by atoms with Crippen molar-refractivity contribution in [3.63, 3.8) is 0 Å². The Labute approximate surface area is 165 Å². The largest absolute Gasteiger partial charge is 0.385 e. The molecule has 0 radical (unpaired) electrons. The predicted molar refractivity (Wildman–Crippen MR) is 112 cm³/mol. The highest BCUT2D eigenvalue weighted by Crippen LogP contribution is 2.34. The van der Waals surface area contributed by atoms with Crippen LogP contribution in [0.5, 0.6) is 0 Å². The number of rotatable bonds is 5. The number of nitrogens with zero attached hydrogens (tertiary/aromatic N) is 3. The first-order valence-corrected chi connectivity index (χ1v) is 10.6. The Morgan fingerprint density at radius 3 is 2.64 bits per heavy atom. The Kier molecular flexibility index (Phi) is 4.56. The SMILES string of the molecule is Cc1ccc2nc(C3CCC(=NC4CC4)CC3)nc(NCC3(O)CNC3)c2c1. The van der Waals surface area contributed by atoms with E-state index in [4.69, 9.17) is 15.0 Å². The van der Waals surface area contributed by atoms with Crippen LogP contribution in [0.3, 0.4) is 0 Å². The number of anilines is 1. The third-order valence-electron chi connectivity index (χ3n) is 6.20. The summed E-state index contributed by atoms with van der Waals surface area (Å²) in [6.45, 7) is 3.84. The van der Waals surface area contributed by atoms with E-state index in [0.717, 1.165) is 48.2 Å². The van der Waals surface area contributed by atoms with E-state index in [2.05, 4.69) is 35.8 Å². The average Bonchev–Trinajstić information content (AvgIpc) is 3.49. The highest BCUT2D eigenvalue weighted by atomic mass is 16.3. The summed E-state index contributed by atoms with van der Waals surface area (Å²) >= 11 is 0. The van der Waals surface area contributed by atoms with Crippen LogP contribution in [-0.2, 0) is 0 Å². The van der Waals surface area contributed by atoms with E-state index in [1.165, 1.54) is 24.1 Å². The molecule has 2 saturated carbocycles. The van der Waals surface area contributed by atoms with Crippen molar-refractivity contribution in [2.24, 2.45) is 4.99 Å². The van der Waals surface area contributed by atoms with E-state index in [-0.39, 0.29) is 0 Å². The van der Waals surface area contributed by atoms with Gasteiger partial charge >= 0.3 is 0 Å². The Balaban J connectivity index is 1.40. The quantitative estimate of drug-likeness (QED) is 0.744. The molecule has 2 aliphatic carbocycles. The second-order valence-electron chi connectivity index (χ2n) is 8.83. The molecular formula is C22H29N5O. The van der Waals surface area contributed by atoms with Crippen LogP contribution in [0.2, 0.25) is 0 Å². The maximum absolute atomic E-state index is 10.4. The van der Waals surface area contributed by atoms with Crippen LogP contribution in [0.15, 0.2) is 23.2 Å². The molecule has 3 aliphatic rings. The zero-order valence-corrected chi connectivity index (χ0v) is 16.5. The second-order valence-corrected chi connectivity index (χ2v) is 8.83. The van der Waals surface area contributed by atoms with Crippen molar-refractivity contribution in [2.45, 2.75) is 63.0 Å². The summed E-state index contributed by atoms with van der Waals surface area (Å²) in [4.78, 5) is 14.7. The highest BCUT2D eigenvalue weighted by Gasteiger charge is 2.34. The molecule has 2 aromatic rings. The number of aromatic nitrogens is 2. The van der Waals surface area contributed by atoms with Gasteiger partial charge in [-0.25, -0.2) is 9.97 Å². The zero-order chi connectivity index (χ0) is 19.1. The highest BCUT2D eigenvalue weighted by molar-refractivity contribution is 5.90. The molecule has 0 spiro atoms. The van der Waals surface area contributed by atoms with Crippen LogP contribution >= 0.6 is 0 Å². The summed E-state index contributed by atoms with van der Waals surface area (Å²) in [6.07, 6.45) is 6.86. The lowest BCUT2D eigenvalue weighted by molar-refractivity contribution is 0.00308. The van der Waals surface area contributed by atoms with Crippen LogP contribution in [-0.4, -0.2) is 52.1 Å². The van der Waals surface area contributed by atoms with Gasteiger partial charge in [0.05, 0.1) is 11.6 Å². The molecule has 0 bridgehead atoms. The Morgan fingerprint density at radius 2 is 1.96 bits per heavy atom. The van der Waals surface area contributed by atoms with Crippen molar-refractivity contribution in [3.8, 4) is 0 Å². The van der Waals surface area contributed by atoms with Crippen molar-refractivity contribution >= 4 is 22.4 Å². The maximum Gasteiger partial charge on any atom is 0.137 e. The molecule has 1 aliphatic heterocycles.